The zero-order valence-electron chi connectivity index (χ0n) is 19.7. The quantitative estimate of drug-likeness (QED) is 0.288. The number of hydrogen-bond acceptors (Lipinski definition) is 6. The van der Waals surface area contributed by atoms with Crippen LogP contribution in [0, 0.1) is 0 Å². The van der Waals surface area contributed by atoms with Crippen molar-refractivity contribution in [2.75, 3.05) is 0 Å². The van der Waals surface area contributed by atoms with E-state index in [0.717, 1.165) is 27.0 Å². The van der Waals surface area contributed by atoms with E-state index in [0.29, 0.717) is 27.1 Å². The largest absolute Gasteiger partial charge is 0.368 e. The predicted octanol–water partition coefficient (Wildman–Crippen LogP) is 3.82. The maximum absolute atomic E-state index is 13.8. The van der Waals surface area contributed by atoms with E-state index in [-0.39, 0.29) is 17.7 Å². The van der Waals surface area contributed by atoms with Crippen molar-refractivity contribution in [1.29, 1.82) is 0 Å². The number of nitrogens with two attached hydrogens (primary N) is 2. The highest BCUT2D eigenvalue weighted by Gasteiger charge is 2.25. The molecule has 0 aliphatic heterocycles. The zero-order chi connectivity index (χ0) is 27.0. The second-order valence-electron chi connectivity index (χ2n) is 8.39. The molecule has 0 fully saturated rings. The van der Waals surface area contributed by atoms with Crippen LogP contribution in [-0.2, 0) is 17.9 Å². The summed E-state index contributed by atoms with van der Waals surface area (Å²) in [5, 5.41) is 6.53. The number of carbonyl (C=O) groups is 1. The molecule has 1 amide bonds. The smallest absolute Gasteiger partial charge is 0.333 e. The van der Waals surface area contributed by atoms with E-state index in [4.69, 9.17) is 39.1 Å². The van der Waals surface area contributed by atoms with Gasteiger partial charge < -0.3 is 5.73 Å². The molecule has 5 aromatic rings. The molecular formula is C26H20Cl2N6O3S. The first-order chi connectivity index (χ1) is 18.3. The zero-order valence-corrected chi connectivity index (χ0v) is 22.0. The number of hydrogen-bond donors (Lipinski definition) is 2. The van der Waals surface area contributed by atoms with Crippen molar-refractivity contribution in [3.63, 3.8) is 0 Å². The molecule has 12 heteroatoms. The van der Waals surface area contributed by atoms with Gasteiger partial charge in [-0.2, -0.15) is 0 Å². The number of fused-ring (bicyclic) bond motifs is 1. The van der Waals surface area contributed by atoms with Gasteiger partial charge in [0.05, 0.1) is 11.6 Å². The van der Waals surface area contributed by atoms with Crippen LogP contribution in [0.25, 0.3) is 28.2 Å². The molecule has 2 heterocycles. The Hall–Kier alpha value is -3.83. The SMILES string of the molecule is NSc1ccc(Cn2c(=O)n(CC(N)=O)c(=O)c3c2nc(-c2ccccc2Cl)n3-c2ccc(Cl)cc2)cc1. The molecule has 0 unspecified atom stereocenters. The second-order valence-corrected chi connectivity index (χ2v) is 9.94. The first-order valence-electron chi connectivity index (χ1n) is 11.3. The number of imidazole rings is 1. The van der Waals surface area contributed by atoms with Crippen molar-refractivity contribution in [2.24, 2.45) is 10.9 Å². The van der Waals surface area contributed by atoms with Gasteiger partial charge in [0.25, 0.3) is 5.56 Å². The molecule has 3 aromatic carbocycles. The topological polar surface area (TPSA) is 131 Å². The number of amides is 1. The van der Waals surface area contributed by atoms with E-state index >= 15 is 0 Å². The highest BCUT2D eigenvalue weighted by Crippen LogP contribution is 2.32. The first-order valence-corrected chi connectivity index (χ1v) is 12.9. The summed E-state index contributed by atoms with van der Waals surface area (Å²) in [6.07, 6.45) is 0. The van der Waals surface area contributed by atoms with Crippen LogP contribution in [-0.4, -0.2) is 24.6 Å². The fraction of sp³-hybridized carbons (Fsp3) is 0.0769. The lowest BCUT2D eigenvalue weighted by molar-refractivity contribution is -0.118. The summed E-state index contributed by atoms with van der Waals surface area (Å²) in [7, 11) is 0. The van der Waals surface area contributed by atoms with Crippen molar-refractivity contribution >= 4 is 52.2 Å². The van der Waals surface area contributed by atoms with Gasteiger partial charge in [-0.3, -0.25) is 23.9 Å². The Morgan fingerprint density at radius 3 is 2.24 bits per heavy atom. The Labute approximate surface area is 230 Å². The molecule has 0 bridgehead atoms. The van der Waals surface area contributed by atoms with Crippen molar-refractivity contribution in [1.82, 2.24) is 18.7 Å². The second kappa shape index (κ2) is 10.5. The van der Waals surface area contributed by atoms with Crippen LogP contribution in [0.15, 0.2) is 87.3 Å². The highest BCUT2D eigenvalue weighted by molar-refractivity contribution is 7.97. The molecule has 0 aliphatic rings. The van der Waals surface area contributed by atoms with Crippen LogP contribution in [0.2, 0.25) is 10.0 Å². The average Bonchev–Trinajstić information content (AvgIpc) is 3.30. The molecule has 0 aliphatic carbocycles. The van der Waals surface area contributed by atoms with Gasteiger partial charge in [0.15, 0.2) is 11.2 Å². The maximum atomic E-state index is 13.8. The molecule has 0 spiro atoms. The van der Waals surface area contributed by atoms with E-state index in [1.165, 1.54) is 4.57 Å². The molecule has 0 atom stereocenters. The van der Waals surface area contributed by atoms with Gasteiger partial charge in [0, 0.05) is 21.2 Å². The van der Waals surface area contributed by atoms with Gasteiger partial charge in [-0.15, -0.1) is 0 Å². The Morgan fingerprint density at radius 1 is 0.921 bits per heavy atom. The lowest BCUT2D eigenvalue weighted by Crippen LogP contribution is -2.43. The van der Waals surface area contributed by atoms with Crippen molar-refractivity contribution in [3.8, 4) is 17.1 Å². The normalized spacial score (nSPS) is 11.2. The molecule has 5 rings (SSSR count). The number of aromatic nitrogens is 4. The van der Waals surface area contributed by atoms with Gasteiger partial charge in [-0.1, -0.05) is 47.5 Å². The summed E-state index contributed by atoms with van der Waals surface area (Å²) in [4.78, 5) is 44.8. The predicted molar refractivity (Wildman–Crippen MR) is 150 cm³/mol. The van der Waals surface area contributed by atoms with Crippen molar-refractivity contribution in [2.45, 2.75) is 18.0 Å². The Bertz CT molecular complexity index is 1790. The van der Waals surface area contributed by atoms with Crippen LogP contribution >= 0.6 is 35.1 Å². The molecular weight excluding hydrogens is 547 g/mol. The monoisotopic (exact) mass is 566 g/mol. The van der Waals surface area contributed by atoms with Crippen LogP contribution in [0.1, 0.15) is 5.56 Å². The maximum Gasteiger partial charge on any atom is 0.333 e. The van der Waals surface area contributed by atoms with Crippen LogP contribution in [0.4, 0.5) is 0 Å². The molecule has 0 saturated heterocycles. The van der Waals surface area contributed by atoms with E-state index in [1.807, 2.05) is 24.3 Å². The Kier molecular flexibility index (Phi) is 7.13. The third-order valence-corrected chi connectivity index (χ3v) is 7.06. The minimum absolute atomic E-state index is 0.0729. The first kappa shape index (κ1) is 25.8. The summed E-state index contributed by atoms with van der Waals surface area (Å²) in [6, 6.07) is 21.1. The van der Waals surface area contributed by atoms with Crippen molar-refractivity contribution in [3.05, 3.63) is 109 Å². The van der Waals surface area contributed by atoms with Gasteiger partial charge in [-0.05, 0) is 66.0 Å². The molecule has 38 heavy (non-hydrogen) atoms. The van der Waals surface area contributed by atoms with Crippen LogP contribution in [0.5, 0.6) is 0 Å². The average molecular weight is 567 g/mol. The van der Waals surface area contributed by atoms with Gasteiger partial charge in [-0.25, -0.2) is 14.3 Å². The number of nitrogens with zero attached hydrogens (tertiary/aromatic N) is 4. The number of halogens is 2. The summed E-state index contributed by atoms with van der Waals surface area (Å²) >= 11 is 13.8. The lowest BCUT2D eigenvalue weighted by atomic mass is 10.2. The third-order valence-electron chi connectivity index (χ3n) is 5.94. The van der Waals surface area contributed by atoms with Crippen LogP contribution in [0.3, 0.4) is 0 Å². The standard InChI is InChI=1S/C26H20Cl2N6O3S/c27-16-7-9-17(10-8-16)34-22-24(31-23(34)19-3-1-2-4-20(19)28)32(13-15-5-11-18(38-30)12-6-15)26(37)33(25(22)36)14-21(29)35/h1-12H,13-14,30H2,(H2,29,35). The van der Waals surface area contributed by atoms with Gasteiger partial charge in [0.2, 0.25) is 5.91 Å². The molecule has 9 nitrogen and oxygen atoms in total. The molecule has 192 valence electrons. The minimum atomic E-state index is -0.830. The number of primary amides is 1. The Balaban J connectivity index is 1.89. The fourth-order valence-corrected chi connectivity index (χ4v) is 4.84. The summed E-state index contributed by atoms with van der Waals surface area (Å²) in [5.41, 5.74) is 6.05. The summed E-state index contributed by atoms with van der Waals surface area (Å²) < 4.78 is 3.77. The minimum Gasteiger partial charge on any atom is -0.368 e. The number of rotatable bonds is 7. The van der Waals surface area contributed by atoms with Gasteiger partial charge in [0.1, 0.15) is 12.4 Å². The summed E-state index contributed by atoms with van der Waals surface area (Å²) in [6.45, 7) is -0.521. The van der Waals surface area contributed by atoms with E-state index in [2.05, 4.69) is 0 Å². The molecule has 2 aromatic heterocycles. The van der Waals surface area contributed by atoms with E-state index in [9.17, 15) is 14.4 Å². The Morgan fingerprint density at radius 2 is 1.61 bits per heavy atom. The summed E-state index contributed by atoms with van der Waals surface area (Å²) in [5.74, 6) is -0.492. The molecule has 4 N–H and O–H groups in total. The third kappa shape index (κ3) is 4.74. The van der Waals surface area contributed by atoms with Crippen molar-refractivity contribution < 1.29 is 4.79 Å². The van der Waals surface area contributed by atoms with E-state index in [1.54, 1.807) is 53.1 Å². The van der Waals surface area contributed by atoms with Crippen LogP contribution < -0.4 is 22.1 Å². The number of carbonyl (C=O) groups excluding carboxylic acids is 1. The molecule has 0 radical (unpaired) electrons. The highest BCUT2D eigenvalue weighted by atomic mass is 35.5. The molecule has 0 saturated carbocycles. The fourth-order valence-electron chi connectivity index (χ4n) is 4.20. The number of benzene rings is 3. The lowest BCUT2D eigenvalue weighted by Gasteiger charge is -2.13. The van der Waals surface area contributed by atoms with Gasteiger partial charge >= 0.3 is 5.69 Å². The van der Waals surface area contributed by atoms with E-state index < -0.39 is 23.7 Å².